The van der Waals surface area contributed by atoms with Gasteiger partial charge in [-0.3, -0.25) is 29.0 Å². The normalized spacial score (nSPS) is 27.0. The number of phenols is 1. The molecule has 2 amide bonds. The van der Waals surface area contributed by atoms with Gasteiger partial charge >= 0.3 is 0 Å². The van der Waals surface area contributed by atoms with Crippen molar-refractivity contribution in [2.45, 2.75) is 38.3 Å². The number of hydrogen-bond donors (Lipinski definition) is 1. The summed E-state index contributed by atoms with van der Waals surface area (Å²) in [5.74, 6) is -2.34. The second kappa shape index (κ2) is 12.3. The molecule has 4 unspecified atom stereocenters. The van der Waals surface area contributed by atoms with Crippen LogP contribution in [-0.2, 0) is 25.7 Å². The summed E-state index contributed by atoms with van der Waals surface area (Å²) in [7, 11) is 1.47. The van der Waals surface area contributed by atoms with E-state index in [0.29, 0.717) is 23.3 Å². The van der Waals surface area contributed by atoms with E-state index < -0.39 is 17.8 Å². The lowest BCUT2D eigenvalue weighted by atomic mass is 9.61. The summed E-state index contributed by atoms with van der Waals surface area (Å²) < 4.78 is 5.47. The number of allylic oxidation sites excluding steroid dienone is 7. The molecule has 2 saturated heterocycles. The standard InChI is InChI=1S/C37H35BrN2O6/c1-46-32-17-21(8-12-30(32)41)7-9-25-24-10-11-26-34(27(24)18-28-33(25)31(42)19-29(38)35(28)43)37(45)40(36(26)44)23-13-15-39(16-14-23)20-22-5-3-2-4-6-22/h2-10,12,17,19,23,25-27,34,41H,11,13-16,18,20H2,1H3. The van der Waals surface area contributed by atoms with Gasteiger partial charge < -0.3 is 9.84 Å². The van der Waals surface area contributed by atoms with Gasteiger partial charge in [-0.25, -0.2) is 0 Å². The van der Waals surface area contributed by atoms with Crippen molar-refractivity contribution in [2.75, 3.05) is 20.2 Å². The van der Waals surface area contributed by atoms with Gasteiger partial charge in [0, 0.05) is 48.8 Å². The van der Waals surface area contributed by atoms with Gasteiger partial charge in [-0.15, -0.1) is 0 Å². The van der Waals surface area contributed by atoms with Crippen molar-refractivity contribution in [1.29, 1.82) is 0 Å². The second-order valence-electron chi connectivity index (χ2n) is 12.8. The van der Waals surface area contributed by atoms with Gasteiger partial charge in [-0.1, -0.05) is 60.2 Å². The number of ketones is 2. The van der Waals surface area contributed by atoms with Crippen LogP contribution < -0.4 is 4.74 Å². The van der Waals surface area contributed by atoms with Crippen LogP contribution in [0.25, 0.3) is 6.08 Å². The fraction of sp³-hybridized carbons (Fsp3) is 0.351. The zero-order chi connectivity index (χ0) is 32.1. The highest BCUT2D eigenvalue weighted by molar-refractivity contribution is 9.12. The number of nitrogens with zero attached hydrogens (tertiary/aromatic N) is 2. The van der Waals surface area contributed by atoms with E-state index in [2.05, 4.69) is 33.0 Å². The van der Waals surface area contributed by atoms with E-state index in [9.17, 15) is 24.3 Å². The van der Waals surface area contributed by atoms with Crippen molar-refractivity contribution in [2.24, 2.45) is 23.7 Å². The average molecular weight is 684 g/mol. The minimum absolute atomic E-state index is 0.0160. The predicted molar refractivity (Wildman–Crippen MR) is 176 cm³/mol. The number of imide groups is 1. The molecule has 46 heavy (non-hydrogen) atoms. The van der Waals surface area contributed by atoms with E-state index in [1.165, 1.54) is 24.8 Å². The number of carbonyl (C=O) groups is 4. The number of aromatic hydroxyl groups is 1. The molecule has 2 aliphatic heterocycles. The minimum Gasteiger partial charge on any atom is -0.504 e. The largest absolute Gasteiger partial charge is 0.504 e. The number of Topliss-reactive ketones (excluding diaryl/α,β-unsaturated/α-hetero) is 1. The van der Waals surface area contributed by atoms with Crippen LogP contribution in [0.3, 0.4) is 0 Å². The Morgan fingerprint density at radius 3 is 2.50 bits per heavy atom. The zero-order valence-electron chi connectivity index (χ0n) is 25.5. The Labute approximate surface area is 276 Å². The molecule has 2 fully saturated rings. The number of carbonyl (C=O) groups excluding carboxylic acids is 4. The topological polar surface area (TPSA) is 104 Å². The fourth-order valence-electron chi connectivity index (χ4n) is 8.05. The molecule has 1 N–H and O–H groups in total. The molecule has 2 heterocycles. The average Bonchev–Trinajstić information content (AvgIpc) is 3.32. The number of amides is 2. The monoisotopic (exact) mass is 682 g/mol. The lowest BCUT2D eigenvalue weighted by molar-refractivity contribution is -0.144. The molecule has 7 rings (SSSR count). The van der Waals surface area contributed by atoms with E-state index >= 15 is 0 Å². The Bertz CT molecular complexity index is 1750. The quantitative estimate of drug-likeness (QED) is 0.248. The van der Waals surface area contributed by atoms with Crippen LogP contribution in [0, 0.1) is 23.7 Å². The maximum Gasteiger partial charge on any atom is 0.233 e. The molecule has 9 heteroatoms. The maximum absolute atomic E-state index is 14.3. The van der Waals surface area contributed by atoms with E-state index in [4.69, 9.17) is 4.74 Å². The summed E-state index contributed by atoms with van der Waals surface area (Å²) in [4.78, 5) is 58.9. The Hall–Kier alpha value is -4.08. The Kier molecular flexibility index (Phi) is 8.15. The number of benzene rings is 2. The number of rotatable bonds is 6. The van der Waals surface area contributed by atoms with Crippen LogP contribution in [0.15, 0.2) is 88.0 Å². The molecular formula is C37H35BrN2O6. The van der Waals surface area contributed by atoms with Crippen molar-refractivity contribution >= 4 is 45.4 Å². The lowest BCUT2D eigenvalue weighted by Gasteiger charge is -2.41. The highest BCUT2D eigenvalue weighted by Crippen LogP contribution is 2.53. The summed E-state index contributed by atoms with van der Waals surface area (Å²) in [5, 5.41) is 10.0. The van der Waals surface area contributed by atoms with Gasteiger partial charge in [-0.2, -0.15) is 0 Å². The molecular weight excluding hydrogens is 648 g/mol. The van der Waals surface area contributed by atoms with Crippen LogP contribution >= 0.6 is 15.9 Å². The molecule has 3 aliphatic carbocycles. The molecule has 4 atom stereocenters. The van der Waals surface area contributed by atoms with Crippen molar-refractivity contribution in [3.8, 4) is 11.5 Å². The highest BCUT2D eigenvalue weighted by Gasteiger charge is 2.57. The van der Waals surface area contributed by atoms with Crippen LogP contribution in [-0.4, -0.2) is 64.5 Å². The van der Waals surface area contributed by atoms with Crippen LogP contribution in [0.5, 0.6) is 11.5 Å². The number of likely N-dealkylation sites (tertiary alicyclic amines) is 2. The molecule has 0 saturated carbocycles. The first-order valence-electron chi connectivity index (χ1n) is 15.8. The minimum atomic E-state index is -0.568. The number of halogens is 1. The van der Waals surface area contributed by atoms with Gasteiger partial charge in [0.15, 0.2) is 23.1 Å². The number of fused-ring (bicyclic) bond motifs is 3. The second-order valence-corrected chi connectivity index (χ2v) is 13.6. The van der Waals surface area contributed by atoms with Crippen LogP contribution in [0.2, 0.25) is 0 Å². The highest BCUT2D eigenvalue weighted by atomic mass is 79.9. The van der Waals surface area contributed by atoms with Crippen LogP contribution in [0.4, 0.5) is 0 Å². The first-order valence-corrected chi connectivity index (χ1v) is 16.6. The molecule has 236 valence electrons. The molecule has 0 aromatic heterocycles. The number of ether oxygens (including phenoxy) is 1. The molecule has 2 aromatic rings. The van der Waals surface area contributed by atoms with E-state index in [1.54, 1.807) is 17.0 Å². The van der Waals surface area contributed by atoms with Crippen molar-refractivity contribution in [1.82, 2.24) is 9.80 Å². The Morgan fingerprint density at radius 2 is 1.76 bits per heavy atom. The molecule has 8 nitrogen and oxygen atoms in total. The van der Waals surface area contributed by atoms with Gasteiger partial charge in [-0.05, 0) is 70.8 Å². The summed E-state index contributed by atoms with van der Waals surface area (Å²) in [6.45, 7) is 2.46. The van der Waals surface area contributed by atoms with Crippen molar-refractivity contribution in [3.05, 3.63) is 99.1 Å². The van der Waals surface area contributed by atoms with E-state index in [1.807, 2.05) is 36.4 Å². The summed E-state index contributed by atoms with van der Waals surface area (Å²) in [5.41, 5.74) is 3.74. The number of phenolic OH excluding ortho intramolecular Hbond substituents is 1. The fourth-order valence-corrected chi connectivity index (χ4v) is 8.50. The molecule has 0 radical (unpaired) electrons. The maximum atomic E-state index is 14.3. The SMILES string of the molecule is COc1cc(C=CC2C3=CCC4C(=O)N(C5CCN(Cc6ccccc6)CC5)C(=O)C4C3CC3=C2C(=O)C=C(Br)C3=O)ccc1O. The zero-order valence-corrected chi connectivity index (χ0v) is 27.1. The van der Waals surface area contributed by atoms with Gasteiger partial charge in [0.25, 0.3) is 0 Å². The molecule has 5 aliphatic rings. The first kappa shape index (κ1) is 30.6. The molecule has 0 bridgehead atoms. The van der Waals surface area contributed by atoms with E-state index in [0.717, 1.165) is 43.6 Å². The lowest BCUT2D eigenvalue weighted by Crippen LogP contribution is -2.47. The van der Waals surface area contributed by atoms with Crippen molar-refractivity contribution < 1.29 is 29.0 Å². The summed E-state index contributed by atoms with van der Waals surface area (Å²) in [6, 6.07) is 15.1. The van der Waals surface area contributed by atoms with Gasteiger partial charge in [0.05, 0.1) is 23.4 Å². The summed E-state index contributed by atoms with van der Waals surface area (Å²) in [6.07, 6.45) is 9.22. The van der Waals surface area contributed by atoms with Crippen molar-refractivity contribution in [3.63, 3.8) is 0 Å². The predicted octanol–water partition coefficient (Wildman–Crippen LogP) is 5.37. The van der Waals surface area contributed by atoms with Gasteiger partial charge in [0.1, 0.15) is 0 Å². The smallest absolute Gasteiger partial charge is 0.233 e. The van der Waals surface area contributed by atoms with E-state index in [-0.39, 0.29) is 52.0 Å². The van der Waals surface area contributed by atoms with Crippen LogP contribution in [0.1, 0.15) is 36.8 Å². The first-order chi connectivity index (χ1) is 22.2. The van der Waals surface area contributed by atoms with Gasteiger partial charge in [0.2, 0.25) is 11.8 Å². The number of hydrogen-bond acceptors (Lipinski definition) is 7. The Balaban J connectivity index is 1.16. The molecule has 0 spiro atoms. The third-order valence-corrected chi connectivity index (χ3v) is 10.9. The number of methoxy groups -OCH3 is 1. The Morgan fingerprint density at radius 1 is 1.00 bits per heavy atom. The molecule has 2 aromatic carbocycles. The third-order valence-electron chi connectivity index (χ3n) is 10.3. The summed E-state index contributed by atoms with van der Waals surface area (Å²) >= 11 is 3.28. The third kappa shape index (κ3) is 5.29. The number of piperidine rings is 1.